The molecule has 186 valence electrons. The third-order valence-electron chi connectivity index (χ3n) is 7.08. The largest absolute Gasteiger partial charge is 0.481 e. The van der Waals surface area contributed by atoms with Crippen molar-refractivity contribution in [1.82, 2.24) is 10.6 Å². The Hall–Kier alpha value is -3.35. The zero-order chi connectivity index (χ0) is 24.9. The first-order chi connectivity index (χ1) is 16.8. The molecule has 0 aromatic heterocycles. The van der Waals surface area contributed by atoms with E-state index in [2.05, 4.69) is 34.9 Å². The Balaban J connectivity index is 1.35. The number of rotatable bonds is 8. The SMILES string of the molecule is CC(C)CC(NC(=O)OCC1c2ccccc2-c2ccccc21)C(=O)NC1CCC(C(=O)O)CC1. The van der Waals surface area contributed by atoms with Crippen LogP contribution in [-0.2, 0) is 14.3 Å². The van der Waals surface area contributed by atoms with Crippen LogP contribution in [0.3, 0.4) is 0 Å². The lowest BCUT2D eigenvalue weighted by Gasteiger charge is -2.29. The fourth-order valence-corrected chi connectivity index (χ4v) is 5.27. The first kappa shape index (κ1) is 24.8. The molecule has 35 heavy (non-hydrogen) atoms. The van der Waals surface area contributed by atoms with E-state index >= 15 is 0 Å². The van der Waals surface area contributed by atoms with Crippen molar-refractivity contribution in [3.63, 3.8) is 0 Å². The fourth-order valence-electron chi connectivity index (χ4n) is 5.27. The van der Waals surface area contributed by atoms with E-state index in [-0.39, 0.29) is 36.3 Å². The average molecular weight is 479 g/mol. The molecule has 2 aromatic carbocycles. The third-order valence-corrected chi connectivity index (χ3v) is 7.08. The fraction of sp³-hybridized carbons (Fsp3) is 0.464. The van der Waals surface area contributed by atoms with E-state index in [0.29, 0.717) is 32.1 Å². The normalized spacial score (nSPS) is 20.0. The Morgan fingerprint density at radius 3 is 2.06 bits per heavy atom. The predicted molar refractivity (Wildman–Crippen MR) is 133 cm³/mol. The van der Waals surface area contributed by atoms with Crippen molar-refractivity contribution in [2.24, 2.45) is 11.8 Å². The number of amides is 2. The number of carbonyl (C=O) groups excluding carboxylic acids is 2. The minimum atomic E-state index is -0.774. The number of hydrogen-bond donors (Lipinski definition) is 3. The lowest BCUT2D eigenvalue weighted by molar-refractivity contribution is -0.142. The molecule has 1 atom stereocenters. The van der Waals surface area contributed by atoms with Crippen LogP contribution < -0.4 is 10.6 Å². The van der Waals surface area contributed by atoms with Crippen LogP contribution >= 0.6 is 0 Å². The summed E-state index contributed by atoms with van der Waals surface area (Å²) in [5.74, 6) is -1.21. The second kappa shape index (κ2) is 10.9. The number of carbonyl (C=O) groups is 3. The molecule has 1 unspecified atom stereocenters. The summed E-state index contributed by atoms with van der Waals surface area (Å²) in [5, 5.41) is 15.0. The molecule has 2 aromatic rings. The molecule has 0 radical (unpaired) electrons. The van der Waals surface area contributed by atoms with Gasteiger partial charge in [-0.3, -0.25) is 9.59 Å². The summed E-state index contributed by atoms with van der Waals surface area (Å²) in [4.78, 5) is 36.9. The Morgan fingerprint density at radius 2 is 1.51 bits per heavy atom. The number of ether oxygens (including phenoxy) is 1. The second-order valence-electron chi connectivity index (χ2n) is 10.0. The highest BCUT2D eigenvalue weighted by atomic mass is 16.5. The number of carboxylic acid groups (broad SMARTS) is 1. The Morgan fingerprint density at radius 1 is 0.943 bits per heavy atom. The van der Waals surface area contributed by atoms with E-state index in [0.717, 1.165) is 22.3 Å². The second-order valence-corrected chi connectivity index (χ2v) is 10.0. The molecule has 0 aliphatic heterocycles. The van der Waals surface area contributed by atoms with Crippen LogP contribution in [0.5, 0.6) is 0 Å². The molecular weight excluding hydrogens is 444 g/mol. The van der Waals surface area contributed by atoms with Gasteiger partial charge in [0.15, 0.2) is 0 Å². The van der Waals surface area contributed by atoms with Gasteiger partial charge >= 0.3 is 12.1 Å². The van der Waals surface area contributed by atoms with Gasteiger partial charge in [0.1, 0.15) is 12.6 Å². The van der Waals surface area contributed by atoms with Gasteiger partial charge in [0.2, 0.25) is 5.91 Å². The van der Waals surface area contributed by atoms with Crippen molar-refractivity contribution in [3.05, 3.63) is 59.7 Å². The molecule has 0 saturated heterocycles. The molecular formula is C28H34N2O5. The Labute approximate surface area is 206 Å². The highest BCUT2D eigenvalue weighted by Gasteiger charge is 2.31. The van der Waals surface area contributed by atoms with Gasteiger partial charge in [-0.2, -0.15) is 0 Å². The minimum absolute atomic E-state index is 0.0463. The summed E-state index contributed by atoms with van der Waals surface area (Å²) in [5.41, 5.74) is 4.59. The first-order valence-electron chi connectivity index (χ1n) is 12.5. The van der Waals surface area contributed by atoms with Gasteiger partial charge in [-0.05, 0) is 60.3 Å². The van der Waals surface area contributed by atoms with E-state index in [1.165, 1.54) is 0 Å². The van der Waals surface area contributed by atoms with Crippen molar-refractivity contribution < 1.29 is 24.2 Å². The molecule has 0 bridgehead atoms. The van der Waals surface area contributed by atoms with Crippen LogP contribution in [0.15, 0.2) is 48.5 Å². The maximum atomic E-state index is 13.0. The number of alkyl carbamates (subject to hydrolysis) is 1. The maximum Gasteiger partial charge on any atom is 0.407 e. The molecule has 3 N–H and O–H groups in total. The first-order valence-corrected chi connectivity index (χ1v) is 12.5. The number of hydrogen-bond acceptors (Lipinski definition) is 4. The van der Waals surface area contributed by atoms with Crippen LogP contribution in [0.25, 0.3) is 11.1 Å². The van der Waals surface area contributed by atoms with Crippen LogP contribution in [0.2, 0.25) is 0 Å². The van der Waals surface area contributed by atoms with E-state index in [9.17, 15) is 19.5 Å². The summed E-state index contributed by atoms with van der Waals surface area (Å²) in [6, 6.07) is 15.5. The molecule has 2 aliphatic rings. The van der Waals surface area contributed by atoms with E-state index in [4.69, 9.17) is 4.74 Å². The van der Waals surface area contributed by atoms with Crippen molar-refractivity contribution in [1.29, 1.82) is 0 Å². The lowest BCUT2D eigenvalue weighted by atomic mass is 9.86. The zero-order valence-corrected chi connectivity index (χ0v) is 20.3. The standard InChI is InChI=1S/C28H34N2O5/c1-17(2)15-25(26(31)29-19-13-11-18(12-14-19)27(32)33)30-28(34)35-16-24-22-9-5-3-7-20(22)21-8-4-6-10-23(21)24/h3-10,17-19,24-25H,11-16H2,1-2H3,(H,29,31)(H,30,34)(H,32,33). The summed E-state index contributed by atoms with van der Waals surface area (Å²) < 4.78 is 5.64. The van der Waals surface area contributed by atoms with Crippen LogP contribution in [0.4, 0.5) is 4.79 Å². The molecule has 1 saturated carbocycles. The molecule has 2 aliphatic carbocycles. The summed E-state index contributed by atoms with van der Waals surface area (Å²) >= 11 is 0. The van der Waals surface area contributed by atoms with E-state index in [1.54, 1.807) is 0 Å². The maximum absolute atomic E-state index is 13.0. The van der Waals surface area contributed by atoms with E-state index in [1.807, 2.05) is 38.1 Å². The molecule has 7 nitrogen and oxygen atoms in total. The molecule has 2 amide bonds. The van der Waals surface area contributed by atoms with Crippen LogP contribution in [0, 0.1) is 11.8 Å². The highest BCUT2D eigenvalue weighted by Crippen LogP contribution is 2.44. The molecule has 0 heterocycles. The molecule has 1 fully saturated rings. The molecule has 7 heteroatoms. The van der Waals surface area contributed by atoms with Gasteiger partial charge in [-0.1, -0.05) is 62.4 Å². The van der Waals surface area contributed by atoms with Crippen LogP contribution in [0.1, 0.15) is 63.0 Å². The number of fused-ring (bicyclic) bond motifs is 3. The molecule has 0 spiro atoms. The van der Waals surface area contributed by atoms with Gasteiger partial charge < -0.3 is 20.5 Å². The Kier molecular flexibility index (Phi) is 7.73. The Bertz CT molecular complexity index is 1030. The topological polar surface area (TPSA) is 105 Å². The van der Waals surface area contributed by atoms with Gasteiger partial charge in [-0.15, -0.1) is 0 Å². The predicted octanol–water partition coefficient (Wildman–Crippen LogP) is 4.70. The van der Waals surface area contributed by atoms with Crippen molar-refractivity contribution in [2.75, 3.05) is 6.61 Å². The van der Waals surface area contributed by atoms with Gasteiger partial charge in [-0.25, -0.2) is 4.79 Å². The van der Waals surface area contributed by atoms with Gasteiger partial charge in [0, 0.05) is 12.0 Å². The monoisotopic (exact) mass is 478 g/mol. The summed E-state index contributed by atoms with van der Waals surface area (Å²) in [7, 11) is 0. The zero-order valence-electron chi connectivity index (χ0n) is 20.3. The third kappa shape index (κ3) is 5.84. The minimum Gasteiger partial charge on any atom is -0.481 e. The van der Waals surface area contributed by atoms with Crippen molar-refractivity contribution >= 4 is 18.0 Å². The number of nitrogens with one attached hydrogen (secondary N) is 2. The number of benzene rings is 2. The van der Waals surface area contributed by atoms with Gasteiger partial charge in [0.25, 0.3) is 0 Å². The smallest absolute Gasteiger partial charge is 0.407 e. The van der Waals surface area contributed by atoms with E-state index < -0.39 is 18.1 Å². The quantitative estimate of drug-likeness (QED) is 0.510. The number of aliphatic carboxylic acids is 1. The van der Waals surface area contributed by atoms with Crippen molar-refractivity contribution in [2.45, 2.75) is 64.0 Å². The molecule has 4 rings (SSSR count). The summed E-state index contributed by atoms with van der Waals surface area (Å²) in [6.07, 6.45) is 2.23. The summed E-state index contributed by atoms with van der Waals surface area (Å²) in [6.45, 7) is 4.19. The van der Waals surface area contributed by atoms with Crippen LogP contribution in [-0.4, -0.2) is 41.8 Å². The average Bonchev–Trinajstić information content (AvgIpc) is 3.16. The van der Waals surface area contributed by atoms with Crippen molar-refractivity contribution in [3.8, 4) is 11.1 Å². The highest BCUT2D eigenvalue weighted by molar-refractivity contribution is 5.86. The van der Waals surface area contributed by atoms with Gasteiger partial charge in [0.05, 0.1) is 5.92 Å². The number of carboxylic acids is 1. The lowest BCUT2D eigenvalue weighted by Crippen LogP contribution is -2.51.